The number of hydrogen-bond acceptors (Lipinski definition) is 2. The van der Waals surface area contributed by atoms with Gasteiger partial charge in [0.25, 0.3) is 0 Å². The summed E-state index contributed by atoms with van der Waals surface area (Å²) >= 11 is 0. The fourth-order valence-electron chi connectivity index (χ4n) is 2.91. The van der Waals surface area contributed by atoms with Crippen molar-refractivity contribution in [2.75, 3.05) is 13.1 Å². The molecule has 0 aromatic heterocycles. The van der Waals surface area contributed by atoms with Crippen LogP contribution < -0.4 is 10.6 Å². The molecule has 1 aliphatic heterocycles. The molecule has 16 heavy (non-hydrogen) atoms. The van der Waals surface area contributed by atoms with Gasteiger partial charge in [0.05, 0.1) is 5.54 Å². The standard InChI is InChI=1S/C13H24N2O/c1-12(6-4-3-5-7-12)11(16)15-13(2)8-9-14-10-13/h14H,3-10H2,1-2H3,(H,15,16). The average molecular weight is 224 g/mol. The summed E-state index contributed by atoms with van der Waals surface area (Å²) in [7, 11) is 0. The van der Waals surface area contributed by atoms with Crippen LogP contribution in [0.1, 0.15) is 52.4 Å². The zero-order valence-electron chi connectivity index (χ0n) is 10.6. The summed E-state index contributed by atoms with van der Waals surface area (Å²) < 4.78 is 0. The monoisotopic (exact) mass is 224 g/mol. The van der Waals surface area contributed by atoms with Gasteiger partial charge in [0.15, 0.2) is 0 Å². The molecule has 1 unspecified atom stereocenters. The van der Waals surface area contributed by atoms with Crippen molar-refractivity contribution in [1.82, 2.24) is 10.6 Å². The van der Waals surface area contributed by atoms with E-state index in [2.05, 4.69) is 24.5 Å². The molecule has 0 spiro atoms. The molecule has 2 aliphatic rings. The maximum Gasteiger partial charge on any atom is 0.226 e. The van der Waals surface area contributed by atoms with E-state index >= 15 is 0 Å². The molecule has 3 heteroatoms. The van der Waals surface area contributed by atoms with Crippen molar-refractivity contribution in [3.63, 3.8) is 0 Å². The first-order valence-corrected chi connectivity index (χ1v) is 6.58. The van der Waals surface area contributed by atoms with E-state index < -0.39 is 0 Å². The van der Waals surface area contributed by atoms with Gasteiger partial charge in [-0.25, -0.2) is 0 Å². The molecule has 1 atom stereocenters. The highest BCUT2D eigenvalue weighted by molar-refractivity contribution is 5.83. The van der Waals surface area contributed by atoms with Gasteiger partial charge in [-0.15, -0.1) is 0 Å². The molecule has 0 radical (unpaired) electrons. The second-order valence-corrected chi connectivity index (χ2v) is 6.06. The molecule has 1 aliphatic carbocycles. The number of rotatable bonds is 2. The summed E-state index contributed by atoms with van der Waals surface area (Å²) in [6.45, 7) is 6.21. The number of carbonyl (C=O) groups is 1. The summed E-state index contributed by atoms with van der Waals surface area (Å²) in [5, 5.41) is 6.58. The molecule has 2 rings (SSSR count). The number of carbonyl (C=O) groups excluding carboxylic acids is 1. The normalized spacial score (nSPS) is 33.6. The maximum atomic E-state index is 12.3. The predicted molar refractivity (Wildman–Crippen MR) is 65.2 cm³/mol. The van der Waals surface area contributed by atoms with Gasteiger partial charge in [0.2, 0.25) is 5.91 Å². The minimum absolute atomic E-state index is 0.0163. The Kier molecular flexibility index (Phi) is 3.24. The Morgan fingerprint density at radius 2 is 1.81 bits per heavy atom. The number of amides is 1. The van der Waals surface area contributed by atoms with Crippen LogP contribution in [-0.4, -0.2) is 24.5 Å². The summed E-state index contributed by atoms with van der Waals surface area (Å²) in [6.07, 6.45) is 6.87. The molecule has 1 saturated carbocycles. The topological polar surface area (TPSA) is 41.1 Å². The summed E-state index contributed by atoms with van der Waals surface area (Å²) in [5.74, 6) is 0.276. The predicted octanol–water partition coefficient (Wildman–Crippen LogP) is 1.82. The van der Waals surface area contributed by atoms with Gasteiger partial charge in [0.1, 0.15) is 0 Å². The minimum Gasteiger partial charge on any atom is -0.349 e. The van der Waals surface area contributed by atoms with Crippen LogP contribution >= 0.6 is 0 Å². The zero-order chi connectivity index (χ0) is 11.6. The first-order chi connectivity index (χ1) is 7.54. The number of hydrogen-bond donors (Lipinski definition) is 2. The van der Waals surface area contributed by atoms with E-state index in [-0.39, 0.29) is 16.9 Å². The molecule has 1 heterocycles. The first-order valence-electron chi connectivity index (χ1n) is 6.58. The van der Waals surface area contributed by atoms with E-state index in [1.807, 2.05) is 0 Å². The van der Waals surface area contributed by atoms with Crippen LogP contribution in [0.5, 0.6) is 0 Å². The maximum absolute atomic E-state index is 12.3. The molecule has 0 bridgehead atoms. The highest BCUT2D eigenvalue weighted by Gasteiger charge is 2.39. The second kappa shape index (κ2) is 4.36. The Bertz CT molecular complexity index is 263. The fourth-order valence-corrected chi connectivity index (χ4v) is 2.91. The highest BCUT2D eigenvalue weighted by atomic mass is 16.2. The Balaban J connectivity index is 1.96. The molecular weight excluding hydrogens is 200 g/mol. The molecule has 0 aromatic carbocycles. The molecular formula is C13H24N2O. The van der Waals surface area contributed by atoms with Crippen LogP contribution in [0.3, 0.4) is 0 Å². The van der Waals surface area contributed by atoms with Gasteiger partial charge < -0.3 is 10.6 Å². The van der Waals surface area contributed by atoms with E-state index in [1.165, 1.54) is 19.3 Å². The van der Waals surface area contributed by atoms with Crippen LogP contribution in [0.4, 0.5) is 0 Å². The van der Waals surface area contributed by atoms with Crippen molar-refractivity contribution in [3.05, 3.63) is 0 Å². The van der Waals surface area contributed by atoms with Crippen molar-refractivity contribution in [2.24, 2.45) is 5.41 Å². The van der Waals surface area contributed by atoms with Crippen molar-refractivity contribution in [2.45, 2.75) is 57.9 Å². The van der Waals surface area contributed by atoms with Gasteiger partial charge in [-0.3, -0.25) is 4.79 Å². The summed E-state index contributed by atoms with van der Waals surface area (Å²) in [6, 6.07) is 0. The quantitative estimate of drug-likeness (QED) is 0.751. The summed E-state index contributed by atoms with van der Waals surface area (Å²) in [5.41, 5.74) is -0.124. The highest BCUT2D eigenvalue weighted by Crippen LogP contribution is 2.36. The molecule has 0 aromatic rings. The third kappa shape index (κ3) is 2.40. The van der Waals surface area contributed by atoms with Gasteiger partial charge in [-0.2, -0.15) is 0 Å². The van der Waals surface area contributed by atoms with E-state index in [0.717, 1.165) is 32.4 Å². The van der Waals surface area contributed by atoms with Crippen LogP contribution in [0.2, 0.25) is 0 Å². The Labute approximate surface area is 98.4 Å². The smallest absolute Gasteiger partial charge is 0.226 e. The molecule has 2 N–H and O–H groups in total. The van der Waals surface area contributed by atoms with Gasteiger partial charge in [-0.1, -0.05) is 26.2 Å². The van der Waals surface area contributed by atoms with Crippen LogP contribution in [0.25, 0.3) is 0 Å². The van der Waals surface area contributed by atoms with Gasteiger partial charge in [-0.05, 0) is 32.7 Å². The lowest BCUT2D eigenvalue weighted by Crippen LogP contribution is -2.52. The van der Waals surface area contributed by atoms with E-state index in [9.17, 15) is 4.79 Å². The van der Waals surface area contributed by atoms with E-state index in [4.69, 9.17) is 0 Å². The number of nitrogens with one attached hydrogen (secondary N) is 2. The minimum atomic E-state index is -0.107. The zero-order valence-corrected chi connectivity index (χ0v) is 10.6. The molecule has 92 valence electrons. The molecule has 2 fully saturated rings. The van der Waals surface area contributed by atoms with Crippen LogP contribution in [0.15, 0.2) is 0 Å². The largest absolute Gasteiger partial charge is 0.349 e. The van der Waals surface area contributed by atoms with Gasteiger partial charge in [0, 0.05) is 12.0 Å². The van der Waals surface area contributed by atoms with Crippen molar-refractivity contribution in [1.29, 1.82) is 0 Å². The Morgan fingerprint density at radius 1 is 1.12 bits per heavy atom. The third-order valence-corrected chi connectivity index (χ3v) is 4.29. The SMILES string of the molecule is CC1(NC(=O)C2(C)CCCCC2)CCNC1. The average Bonchev–Trinajstić information content (AvgIpc) is 2.66. The second-order valence-electron chi connectivity index (χ2n) is 6.06. The lowest BCUT2D eigenvalue weighted by atomic mass is 9.74. The Hall–Kier alpha value is -0.570. The van der Waals surface area contributed by atoms with Crippen LogP contribution in [0, 0.1) is 5.41 Å². The van der Waals surface area contributed by atoms with Crippen molar-refractivity contribution < 1.29 is 4.79 Å². The molecule has 3 nitrogen and oxygen atoms in total. The third-order valence-electron chi connectivity index (χ3n) is 4.29. The van der Waals surface area contributed by atoms with Crippen LogP contribution in [-0.2, 0) is 4.79 Å². The van der Waals surface area contributed by atoms with Crippen molar-refractivity contribution >= 4 is 5.91 Å². The first kappa shape index (κ1) is 11.9. The van der Waals surface area contributed by atoms with Crippen molar-refractivity contribution in [3.8, 4) is 0 Å². The van der Waals surface area contributed by atoms with Gasteiger partial charge >= 0.3 is 0 Å². The van der Waals surface area contributed by atoms with E-state index in [0.29, 0.717) is 0 Å². The molecule has 1 saturated heterocycles. The summed E-state index contributed by atoms with van der Waals surface area (Å²) in [4.78, 5) is 12.3. The lowest BCUT2D eigenvalue weighted by Gasteiger charge is -2.36. The van der Waals surface area contributed by atoms with E-state index in [1.54, 1.807) is 0 Å². The molecule has 1 amide bonds. The fraction of sp³-hybridized carbons (Fsp3) is 0.923. The lowest BCUT2D eigenvalue weighted by molar-refractivity contribution is -0.133. The Morgan fingerprint density at radius 3 is 2.38 bits per heavy atom.